The number of nitrogens with one attached hydrogen (secondary N) is 2. The van der Waals surface area contributed by atoms with Gasteiger partial charge in [-0.15, -0.1) is 0 Å². The number of carbonyl (C=O) groups excluding carboxylic acids is 1. The van der Waals surface area contributed by atoms with Gasteiger partial charge in [0.2, 0.25) is 0 Å². The molecule has 0 spiro atoms. The molecule has 0 saturated heterocycles. The Hall–Kier alpha value is -1.52. The van der Waals surface area contributed by atoms with Crippen LogP contribution in [0.15, 0.2) is 11.6 Å². The summed E-state index contributed by atoms with van der Waals surface area (Å²) >= 11 is 0. The van der Waals surface area contributed by atoms with E-state index in [1.54, 1.807) is 0 Å². The summed E-state index contributed by atoms with van der Waals surface area (Å²) in [6.45, 7) is 0.659. The molecule has 0 radical (unpaired) electrons. The fraction of sp³-hybridized carbons (Fsp3) is 0.750. The third kappa shape index (κ3) is 5.40. The molecule has 5 heteroatoms. The molecule has 2 rings (SSSR count). The topological polar surface area (TPSA) is 78.4 Å². The van der Waals surface area contributed by atoms with E-state index in [4.69, 9.17) is 5.11 Å². The van der Waals surface area contributed by atoms with Crippen molar-refractivity contribution < 1.29 is 14.7 Å². The van der Waals surface area contributed by atoms with E-state index >= 15 is 0 Å². The molecule has 2 aliphatic rings. The number of urea groups is 1. The molecule has 2 atom stereocenters. The van der Waals surface area contributed by atoms with Crippen molar-refractivity contribution in [1.82, 2.24) is 10.6 Å². The van der Waals surface area contributed by atoms with Gasteiger partial charge in [-0.25, -0.2) is 4.79 Å². The van der Waals surface area contributed by atoms with Crippen molar-refractivity contribution in [1.29, 1.82) is 0 Å². The molecule has 0 aromatic heterocycles. The van der Waals surface area contributed by atoms with E-state index in [-0.39, 0.29) is 18.0 Å². The van der Waals surface area contributed by atoms with Crippen LogP contribution < -0.4 is 10.6 Å². The van der Waals surface area contributed by atoms with Gasteiger partial charge in [0.15, 0.2) is 0 Å². The third-order valence-corrected chi connectivity index (χ3v) is 4.48. The largest absolute Gasteiger partial charge is 0.481 e. The zero-order chi connectivity index (χ0) is 15.1. The molecule has 5 nitrogen and oxygen atoms in total. The smallest absolute Gasteiger partial charge is 0.315 e. The van der Waals surface area contributed by atoms with E-state index in [1.807, 2.05) is 0 Å². The van der Waals surface area contributed by atoms with Crippen LogP contribution in [-0.4, -0.2) is 29.7 Å². The Kier molecular flexibility index (Phi) is 6.08. The molecule has 2 amide bonds. The van der Waals surface area contributed by atoms with Gasteiger partial charge < -0.3 is 15.7 Å². The van der Waals surface area contributed by atoms with Gasteiger partial charge >= 0.3 is 12.0 Å². The molecule has 118 valence electrons. The number of rotatable bonds is 5. The molecule has 0 aromatic rings. The molecule has 2 aliphatic carbocycles. The Morgan fingerprint density at radius 3 is 2.81 bits per heavy atom. The van der Waals surface area contributed by atoms with Crippen molar-refractivity contribution in [2.45, 2.75) is 63.8 Å². The summed E-state index contributed by atoms with van der Waals surface area (Å²) in [5, 5.41) is 14.8. The van der Waals surface area contributed by atoms with Crippen LogP contribution in [0.25, 0.3) is 0 Å². The maximum absolute atomic E-state index is 11.8. The minimum absolute atomic E-state index is 0.00579. The Morgan fingerprint density at radius 2 is 2.10 bits per heavy atom. The Bertz CT molecular complexity index is 406. The molecule has 0 bridgehead atoms. The highest BCUT2D eigenvalue weighted by molar-refractivity contribution is 5.74. The van der Waals surface area contributed by atoms with Crippen LogP contribution >= 0.6 is 0 Å². The summed E-state index contributed by atoms with van der Waals surface area (Å²) < 4.78 is 0. The zero-order valence-electron chi connectivity index (χ0n) is 12.6. The summed E-state index contributed by atoms with van der Waals surface area (Å²) in [5.41, 5.74) is 1.45. The van der Waals surface area contributed by atoms with Gasteiger partial charge in [0.25, 0.3) is 0 Å². The van der Waals surface area contributed by atoms with E-state index in [1.165, 1.54) is 24.8 Å². The zero-order valence-corrected chi connectivity index (χ0v) is 12.6. The fourth-order valence-electron chi connectivity index (χ4n) is 3.25. The summed E-state index contributed by atoms with van der Waals surface area (Å²) in [6, 6.07) is -0.170. The molecular formula is C16H26N2O3. The number of carboxylic acid groups (broad SMARTS) is 1. The number of carboxylic acids is 1. The van der Waals surface area contributed by atoms with Crippen molar-refractivity contribution in [2.24, 2.45) is 5.92 Å². The number of allylic oxidation sites excluding steroid dienone is 1. The normalized spacial score (nSPS) is 25.8. The maximum atomic E-state index is 11.8. The van der Waals surface area contributed by atoms with E-state index in [9.17, 15) is 9.59 Å². The number of carbonyl (C=O) groups is 2. The summed E-state index contributed by atoms with van der Waals surface area (Å²) in [6.07, 6.45) is 11.1. The number of aliphatic carboxylic acids is 1. The minimum atomic E-state index is -0.744. The molecule has 2 unspecified atom stereocenters. The second-order valence-corrected chi connectivity index (χ2v) is 6.16. The van der Waals surface area contributed by atoms with Gasteiger partial charge in [-0.2, -0.15) is 0 Å². The molecular weight excluding hydrogens is 268 g/mol. The lowest BCUT2D eigenvalue weighted by atomic mass is 9.86. The van der Waals surface area contributed by atoms with Crippen LogP contribution in [0.4, 0.5) is 4.79 Å². The van der Waals surface area contributed by atoms with Crippen molar-refractivity contribution in [2.75, 3.05) is 6.54 Å². The molecule has 21 heavy (non-hydrogen) atoms. The first-order chi connectivity index (χ1) is 10.1. The van der Waals surface area contributed by atoms with Crippen molar-refractivity contribution >= 4 is 12.0 Å². The summed E-state index contributed by atoms with van der Waals surface area (Å²) in [5.74, 6) is -1.05. The molecule has 0 aliphatic heterocycles. The average Bonchev–Trinajstić information content (AvgIpc) is 2.48. The second kappa shape index (κ2) is 8.05. The quantitative estimate of drug-likeness (QED) is 0.682. The molecule has 0 heterocycles. The number of amides is 2. The van der Waals surface area contributed by atoms with Gasteiger partial charge in [0.1, 0.15) is 0 Å². The van der Waals surface area contributed by atoms with E-state index in [2.05, 4.69) is 16.7 Å². The molecule has 0 aromatic carbocycles. The first-order valence-electron chi connectivity index (χ1n) is 8.10. The predicted octanol–water partition coefficient (Wildman–Crippen LogP) is 2.82. The third-order valence-electron chi connectivity index (χ3n) is 4.48. The Balaban J connectivity index is 1.64. The van der Waals surface area contributed by atoms with Gasteiger partial charge in [-0.05, 0) is 51.4 Å². The predicted molar refractivity (Wildman–Crippen MR) is 81.1 cm³/mol. The second-order valence-electron chi connectivity index (χ2n) is 6.16. The van der Waals surface area contributed by atoms with Crippen molar-refractivity contribution in [3.05, 3.63) is 11.6 Å². The van der Waals surface area contributed by atoms with E-state index < -0.39 is 5.97 Å². The standard InChI is InChI=1S/C16H26N2O3/c19-15(20)13-7-4-8-14(11-13)18-16(21)17-10-9-12-5-2-1-3-6-12/h5,13-14H,1-4,6-11H2,(H,19,20)(H2,17,18,21). The van der Waals surface area contributed by atoms with Crippen LogP contribution in [0, 0.1) is 5.92 Å². The van der Waals surface area contributed by atoms with Crippen LogP contribution in [-0.2, 0) is 4.79 Å². The van der Waals surface area contributed by atoms with Gasteiger partial charge in [0, 0.05) is 12.6 Å². The first kappa shape index (κ1) is 15.9. The molecule has 3 N–H and O–H groups in total. The first-order valence-corrected chi connectivity index (χ1v) is 8.10. The van der Waals surface area contributed by atoms with Crippen LogP contribution in [0.2, 0.25) is 0 Å². The highest BCUT2D eigenvalue weighted by Gasteiger charge is 2.27. The summed E-state index contributed by atoms with van der Waals surface area (Å²) in [7, 11) is 0. The fourth-order valence-corrected chi connectivity index (χ4v) is 3.25. The van der Waals surface area contributed by atoms with Crippen LogP contribution in [0.1, 0.15) is 57.8 Å². The van der Waals surface area contributed by atoms with Gasteiger partial charge in [0.05, 0.1) is 5.92 Å². The van der Waals surface area contributed by atoms with Crippen molar-refractivity contribution in [3.63, 3.8) is 0 Å². The van der Waals surface area contributed by atoms with Crippen LogP contribution in [0.3, 0.4) is 0 Å². The van der Waals surface area contributed by atoms with Crippen LogP contribution in [0.5, 0.6) is 0 Å². The van der Waals surface area contributed by atoms with Gasteiger partial charge in [-0.1, -0.05) is 18.1 Å². The van der Waals surface area contributed by atoms with E-state index in [0.29, 0.717) is 13.0 Å². The monoisotopic (exact) mass is 294 g/mol. The van der Waals surface area contributed by atoms with Gasteiger partial charge in [-0.3, -0.25) is 4.79 Å². The lowest BCUT2D eigenvalue weighted by molar-refractivity contribution is -0.143. The lowest BCUT2D eigenvalue weighted by Crippen LogP contribution is -2.45. The lowest BCUT2D eigenvalue weighted by Gasteiger charge is -2.27. The highest BCUT2D eigenvalue weighted by atomic mass is 16.4. The average molecular weight is 294 g/mol. The highest BCUT2D eigenvalue weighted by Crippen LogP contribution is 2.24. The van der Waals surface area contributed by atoms with Crippen molar-refractivity contribution in [3.8, 4) is 0 Å². The number of hydrogen-bond donors (Lipinski definition) is 3. The Labute approximate surface area is 126 Å². The number of hydrogen-bond acceptors (Lipinski definition) is 2. The minimum Gasteiger partial charge on any atom is -0.481 e. The SMILES string of the molecule is O=C(NCCC1=CCCCC1)NC1CCCC(C(=O)O)C1. The Morgan fingerprint density at radius 1 is 1.24 bits per heavy atom. The maximum Gasteiger partial charge on any atom is 0.315 e. The molecule has 1 fully saturated rings. The summed E-state index contributed by atoms with van der Waals surface area (Å²) in [4.78, 5) is 22.8. The van der Waals surface area contributed by atoms with E-state index in [0.717, 1.165) is 32.1 Å². The molecule has 1 saturated carbocycles.